The molecule has 0 fully saturated rings. The third-order valence-electron chi connectivity index (χ3n) is 4.18. The van der Waals surface area contributed by atoms with Crippen molar-refractivity contribution in [3.05, 3.63) is 78.2 Å². The van der Waals surface area contributed by atoms with E-state index in [-0.39, 0.29) is 17.8 Å². The molecule has 1 heterocycles. The molecule has 0 aliphatic rings. The summed E-state index contributed by atoms with van der Waals surface area (Å²) in [4.78, 5) is 15.6. The van der Waals surface area contributed by atoms with Crippen LogP contribution in [0.4, 0.5) is 4.39 Å². The Kier molecular flexibility index (Phi) is 5.42. The molecule has 3 aromatic rings. The highest BCUT2D eigenvalue weighted by Crippen LogP contribution is 2.23. The zero-order valence-electron chi connectivity index (χ0n) is 14.9. The molecule has 132 valence electrons. The van der Waals surface area contributed by atoms with Crippen LogP contribution in [0.15, 0.2) is 66.9 Å². The van der Waals surface area contributed by atoms with Gasteiger partial charge in [0, 0.05) is 30.3 Å². The van der Waals surface area contributed by atoms with Gasteiger partial charge in [-0.2, -0.15) is 0 Å². The van der Waals surface area contributed by atoms with E-state index >= 15 is 0 Å². The Morgan fingerprint density at radius 2 is 1.58 bits per heavy atom. The molecule has 0 saturated carbocycles. The number of rotatable bonds is 5. The van der Waals surface area contributed by atoms with Gasteiger partial charge in [0.25, 0.3) is 0 Å². The van der Waals surface area contributed by atoms with Crippen molar-refractivity contribution in [2.45, 2.75) is 26.3 Å². The fraction of sp³-hybridized carbons (Fsp3) is 0.182. The molecule has 0 saturated heterocycles. The molecule has 0 spiro atoms. The van der Waals surface area contributed by atoms with Crippen molar-refractivity contribution in [1.82, 2.24) is 10.3 Å². The first-order chi connectivity index (χ1) is 12.5. The summed E-state index contributed by atoms with van der Waals surface area (Å²) in [6, 6.07) is 18.6. The largest absolute Gasteiger partial charge is 0.354 e. The molecule has 3 nitrogen and oxygen atoms in total. The third kappa shape index (κ3) is 4.54. The van der Waals surface area contributed by atoms with E-state index < -0.39 is 0 Å². The number of halogens is 1. The predicted octanol–water partition coefficient (Wildman–Crippen LogP) is 4.62. The van der Waals surface area contributed by atoms with Gasteiger partial charge >= 0.3 is 0 Å². The maximum absolute atomic E-state index is 13.0. The molecule has 2 aromatic carbocycles. The first-order valence-electron chi connectivity index (χ1n) is 8.59. The predicted molar refractivity (Wildman–Crippen MR) is 102 cm³/mol. The fourth-order valence-corrected chi connectivity index (χ4v) is 2.94. The lowest BCUT2D eigenvalue weighted by Gasteiger charge is -2.12. The molecule has 26 heavy (non-hydrogen) atoms. The second-order valence-electron chi connectivity index (χ2n) is 6.44. The van der Waals surface area contributed by atoms with E-state index in [1.54, 1.807) is 18.3 Å². The molecular formula is C22H21FN2O. The normalized spacial score (nSPS) is 11.8. The van der Waals surface area contributed by atoms with Crippen LogP contribution < -0.4 is 5.32 Å². The van der Waals surface area contributed by atoms with Crippen molar-refractivity contribution in [2.24, 2.45) is 0 Å². The molecule has 0 radical (unpaired) electrons. The molecule has 0 aliphatic carbocycles. The Morgan fingerprint density at radius 3 is 2.15 bits per heavy atom. The van der Waals surface area contributed by atoms with E-state index in [1.165, 1.54) is 19.1 Å². The zero-order valence-corrected chi connectivity index (χ0v) is 14.9. The molecule has 1 amide bonds. The van der Waals surface area contributed by atoms with Crippen molar-refractivity contribution in [2.75, 3.05) is 0 Å². The number of amides is 1. The Balaban J connectivity index is 1.71. The second-order valence-corrected chi connectivity index (χ2v) is 6.44. The van der Waals surface area contributed by atoms with Gasteiger partial charge in [0.1, 0.15) is 5.82 Å². The van der Waals surface area contributed by atoms with Crippen LogP contribution in [-0.4, -0.2) is 16.9 Å². The number of pyridine rings is 1. The average Bonchev–Trinajstić information content (AvgIpc) is 2.62. The SMILES string of the molecule is CC(=O)NC(C)Cc1ccc(-c2ccc(-c3ccc(F)cc3)cn2)cc1. The van der Waals surface area contributed by atoms with Crippen LogP contribution in [0.3, 0.4) is 0 Å². The molecular weight excluding hydrogens is 327 g/mol. The summed E-state index contributed by atoms with van der Waals surface area (Å²) in [5.41, 5.74) is 4.98. The van der Waals surface area contributed by atoms with Crippen LogP contribution in [0.25, 0.3) is 22.4 Å². The van der Waals surface area contributed by atoms with Crippen molar-refractivity contribution in [3.8, 4) is 22.4 Å². The maximum Gasteiger partial charge on any atom is 0.217 e. The van der Waals surface area contributed by atoms with Gasteiger partial charge in [0.05, 0.1) is 5.69 Å². The summed E-state index contributed by atoms with van der Waals surface area (Å²) in [6.07, 6.45) is 2.59. The quantitative estimate of drug-likeness (QED) is 0.731. The van der Waals surface area contributed by atoms with Gasteiger partial charge in [-0.05, 0) is 42.7 Å². The van der Waals surface area contributed by atoms with Gasteiger partial charge in [-0.1, -0.05) is 42.5 Å². The second kappa shape index (κ2) is 7.91. The highest BCUT2D eigenvalue weighted by atomic mass is 19.1. The monoisotopic (exact) mass is 348 g/mol. The van der Waals surface area contributed by atoms with Gasteiger partial charge in [-0.15, -0.1) is 0 Å². The Hall–Kier alpha value is -3.01. The van der Waals surface area contributed by atoms with E-state index in [2.05, 4.69) is 22.4 Å². The number of carbonyl (C=O) groups is 1. The number of benzene rings is 2. The zero-order chi connectivity index (χ0) is 18.5. The summed E-state index contributed by atoms with van der Waals surface area (Å²) in [5, 5.41) is 2.89. The minimum Gasteiger partial charge on any atom is -0.354 e. The van der Waals surface area contributed by atoms with Gasteiger partial charge < -0.3 is 5.32 Å². The van der Waals surface area contributed by atoms with Crippen LogP contribution in [0.1, 0.15) is 19.4 Å². The van der Waals surface area contributed by atoms with Crippen LogP contribution in [0, 0.1) is 5.82 Å². The van der Waals surface area contributed by atoms with Gasteiger partial charge in [0.15, 0.2) is 0 Å². The number of carbonyl (C=O) groups excluding carboxylic acids is 1. The van der Waals surface area contributed by atoms with E-state index in [1.807, 2.05) is 31.2 Å². The van der Waals surface area contributed by atoms with Crippen LogP contribution in [0.5, 0.6) is 0 Å². The van der Waals surface area contributed by atoms with Gasteiger partial charge in [0.2, 0.25) is 5.91 Å². The number of nitrogens with one attached hydrogen (secondary N) is 1. The molecule has 1 atom stereocenters. The number of aromatic nitrogens is 1. The minimum atomic E-state index is -0.244. The smallest absolute Gasteiger partial charge is 0.217 e. The molecule has 3 rings (SSSR count). The third-order valence-corrected chi connectivity index (χ3v) is 4.18. The highest BCUT2D eigenvalue weighted by Gasteiger charge is 2.06. The summed E-state index contributed by atoms with van der Waals surface area (Å²) in [6.45, 7) is 3.52. The van der Waals surface area contributed by atoms with E-state index in [0.29, 0.717) is 0 Å². The summed E-state index contributed by atoms with van der Waals surface area (Å²) in [7, 11) is 0. The topological polar surface area (TPSA) is 42.0 Å². The molecule has 0 aliphatic heterocycles. The minimum absolute atomic E-state index is 0.0143. The van der Waals surface area contributed by atoms with Gasteiger partial charge in [-0.3, -0.25) is 9.78 Å². The number of hydrogen-bond acceptors (Lipinski definition) is 2. The maximum atomic E-state index is 13.0. The summed E-state index contributed by atoms with van der Waals surface area (Å²) < 4.78 is 13.0. The molecule has 1 aromatic heterocycles. The molecule has 1 N–H and O–H groups in total. The summed E-state index contributed by atoms with van der Waals surface area (Å²) >= 11 is 0. The molecule has 1 unspecified atom stereocenters. The Labute approximate surface area is 152 Å². The standard InChI is InChI=1S/C22H21FN2O/c1-15(25-16(2)26)13-17-3-5-19(6-4-17)22-12-9-20(14-24-22)18-7-10-21(23)11-8-18/h3-12,14-15H,13H2,1-2H3,(H,25,26). The van der Waals surface area contributed by atoms with Crippen LogP contribution in [0.2, 0.25) is 0 Å². The van der Waals surface area contributed by atoms with Crippen molar-refractivity contribution < 1.29 is 9.18 Å². The first kappa shape index (κ1) is 17.8. The Morgan fingerprint density at radius 1 is 0.962 bits per heavy atom. The fourth-order valence-electron chi connectivity index (χ4n) is 2.94. The van der Waals surface area contributed by atoms with Crippen LogP contribution >= 0.6 is 0 Å². The number of nitrogens with zero attached hydrogens (tertiary/aromatic N) is 1. The highest BCUT2D eigenvalue weighted by molar-refractivity contribution is 5.73. The van der Waals surface area contributed by atoms with E-state index in [9.17, 15) is 9.18 Å². The molecule has 0 bridgehead atoms. The number of hydrogen-bond donors (Lipinski definition) is 1. The van der Waals surface area contributed by atoms with Gasteiger partial charge in [-0.25, -0.2) is 4.39 Å². The summed E-state index contributed by atoms with van der Waals surface area (Å²) in [5.74, 6) is -0.259. The lowest BCUT2D eigenvalue weighted by Crippen LogP contribution is -2.31. The Bertz CT molecular complexity index is 872. The lowest BCUT2D eigenvalue weighted by atomic mass is 10.0. The first-order valence-corrected chi connectivity index (χ1v) is 8.59. The lowest BCUT2D eigenvalue weighted by molar-refractivity contribution is -0.119. The van der Waals surface area contributed by atoms with Crippen molar-refractivity contribution in [1.29, 1.82) is 0 Å². The molecule has 4 heteroatoms. The van der Waals surface area contributed by atoms with E-state index in [0.717, 1.165) is 34.4 Å². The van der Waals surface area contributed by atoms with Crippen LogP contribution in [-0.2, 0) is 11.2 Å². The van der Waals surface area contributed by atoms with E-state index in [4.69, 9.17) is 0 Å². The van der Waals surface area contributed by atoms with Crippen molar-refractivity contribution in [3.63, 3.8) is 0 Å². The average molecular weight is 348 g/mol. The van der Waals surface area contributed by atoms with Crippen molar-refractivity contribution >= 4 is 5.91 Å².